The summed E-state index contributed by atoms with van der Waals surface area (Å²) < 4.78 is 0. The molecule has 13 heavy (non-hydrogen) atoms. The van der Waals surface area contributed by atoms with Gasteiger partial charge in [0, 0.05) is 6.54 Å². The minimum absolute atomic E-state index is 0.621. The topological polar surface area (TPSA) is 46.2 Å². The lowest BCUT2D eigenvalue weighted by atomic mass is 10.1. The van der Waals surface area contributed by atoms with Gasteiger partial charge in [-0.3, -0.25) is 4.79 Å². The molecule has 0 atom stereocenters. The number of nitrogens with one attached hydrogen (secondary N) is 1. The molecular formula is C10H13NO2. The lowest BCUT2D eigenvalue weighted by Crippen LogP contribution is -2.10. The highest BCUT2D eigenvalue weighted by molar-refractivity contribution is 5.46. The van der Waals surface area contributed by atoms with Crippen molar-refractivity contribution >= 4 is 13.2 Å². The first-order valence-electron chi connectivity index (χ1n) is 3.85. The molecular weight excluding hydrogens is 166 g/mol. The Hall–Kier alpha value is -1.64. The third-order valence-corrected chi connectivity index (χ3v) is 1.64. The SMILES string of the molecule is C=O.Cc1ccccc1CNC=O. The summed E-state index contributed by atoms with van der Waals surface area (Å²) in [7, 11) is 0. The molecule has 3 nitrogen and oxygen atoms in total. The van der Waals surface area contributed by atoms with E-state index in [1.54, 1.807) is 0 Å². The molecule has 0 heterocycles. The molecule has 0 aromatic heterocycles. The number of carbonyl (C=O) groups is 2. The molecule has 70 valence electrons. The molecule has 0 aliphatic carbocycles. The maximum atomic E-state index is 9.98. The summed E-state index contributed by atoms with van der Waals surface area (Å²) in [6.45, 7) is 4.65. The molecule has 1 N–H and O–H groups in total. The Morgan fingerprint density at radius 2 is 2.00 bits per heavy atom. The van der Waals surface area contributed by atoms with Crippen LogP contribution in [0.3, 0.4) is 0 Å². The van der Waals surface area contributed by atoms with E-state index in [9.17, 15) is 4.79 Å². The number of aryl methyl sites for hydroxylation is 1. The normalized spacial score (nSPS) is 8.08. The average Bonchev–Trinajstić information content (AvgIpc) is 2.20. The van der Waals surface area contributed by atoms with Crippen LogP contribution in [0.1, 0.15) is 11.1 Å². The maximum Gasteiger partial charge on any atom is 0.207 e. The number of hydrogen-bond donors (Lipinski definition) is 1. The second-order valence-corrected chi connectivity index (χ2v) is 2.43. The maximum absolute atomic E-state index is 9.98. The van der Waals surface area contributed by atoms with Crippen LogP contribution < -0.4 is 5.32 Å². The zero-order valence-electron chi connectivity index (χ0n) is 7.62. The van der Waals surface area contributed by atoms with Gasteiger partial charge in [0.25, 0.3) is 0 Å². The van der Waals surface area contributed by atoms with Gasteiger partial charge in [0.15, 0.2) is 0 Å². The summed E-state index contributed by atoms with van der Waals surface area (Å²) in [5, 5.41) is 2.62. The second-order valence-electron chi connectivity index (χ2n) is 2.43. The van der Waals surface area contributed by atoms with Crippen LogP contribution in [0.5, 0.6) is 0 Å². The first kappa shape index (κ1) is 11.4. The molecule has 0 aliphatic rings. The van der Waals surface area contributed by atoms with E-state index < -0.39 is 0 Å². The highest BCUT2D eigenvalue weighted by Crippen LogP contribution is 2.05. The van der Waals surface area contributed by atoms with E-state index in [1.807, 2.05) is 38.0 Å². The Kier molecular flexibility index (Phi) is 6.15. The van der Waals surface area contributed by atoms with Crippen molar-refractivity contribution < 1.29 is 9.59 Å². The molecule has 3 heteroatoms. The Bertz CT molecular complexity index is 261. The average molecular weight is 179 g/mol. The van der Waals surface area contributed by atoms with Gasteiger partial charge in [0.05, 0.1) is 0 Å². The van der Waals surface area contributed by atoms with Crippen LogP contribution in [0.15, 0.2) is 24.3 Å². The summed E-state index contributed by atoms with van der Waals surface area (Å²) in [6.07, 6.45) is 0.715. The monoisotopic (exact) mass is 179 g/mol. The van der Waals surface area contributed by atoms with Crippen molar-refractivity contribution in [1.82, 2.24) is 5.32 Å². The summed E-state index contributed by atoms with van der Waals surface area (Å²) in [5.41, 5.74) is 2.38. The highest BCUT2D eigenvalue weighted by Gasteiger charge is 1.93. The fraction of sp³-hybridized carbons (Fsp3) is 0.200. The largest absolute Gasteiger partial charge is 0.355 e. The van der Waals surface area contributed by atoms with Gasteiger partial charge in [0.1, 0.15) is 6.79 Å². The molecule has 1 amide bonds. The van der Waals surface area contributed by atoms with E-state index in [2.05, 4.69) is 5.32 Å². The molecule has 0 aliphatic heterocycles. The Morgan fingerprint density at radius 3 is 2.54 bits per heavy atom. The van der Waals surface area contributed by atoms with Gasteiger partial charge in [-0.15, -0.1) is 0 Å². The van der Waals surface area contributed by atoms with Crippen molar-refractivity contribution in [3.05, 3.63) is 35.4 Å². The third-order valence-electron chi connectivity index (χ3n) is 1.64. The molecule has 0 saturated heterocycles. The zero-order chi connectivity index (χ0) is 10.1. The summed E-state index contributed by atoms with van der Waals surface area (Å²) in [6, 6.07) is 7.99. The predicted molar refractivity (Wildman–Crippen MR) is 51.2 cm³/mol. The van der Waals surface area contributed by atoms with Gasteiger partial charge in [-0.1, -0.05) is 24.3 Å². The molecule has 0 unspecified atom stereocenters. The second kappa shape index (κ2) is 7.03. The molecule has 0 bridgehead atoms. The molecule has 1 aromatic carbocycles. The van der Waals surface area contributed by atoms with E-state index in [0.717, 1.165) is 0 Å². The van der Waals surface area contributed by atoms with Crippen LogP contribution in [0.25, 0.3) is 0 Å². The Labute approximate surface area is 77.8 Å². The van der Waals surface area contributed by atoms with E-state index in [0.29, 0.717) is 13.0 Å². The van der Waals surface area contributed by atoms with Gasteiger partial charge in [-0.25, -0.2) is 0 Å². The number of amides is 1. The van der Waals surface area contributed by atoms with E-state index in [1.165, 1.54) is 11.1 Å². The zero-order valence-corrected chi connectivity index (χ0v) is 7.62. The van der Waals surface area contributed by atoms with Gasteiger partial charge >= 0.3 is 0 Å². The van der Waals surface area contributed by atoms with Crippen LogP contribution in [0.4, 0.5) is 0 Å². The first-order chi connectivity index (χ1) is 6.34. The number of hydrogen-bond acceptors (Lipinski definition) is 2. The molecule has 1 rings (SSSR count). The van der Waals surface area contributed by atoms with Gasteiger partial charge < -0.3 is 10.1 Å². The van der Waals surface area contributed by atoms with Crippen molar-refractivity contribution in [3.8, 4) is 0 Å². The van der Waals surface area contributed by atoms with Gasteiger partial charge in [0.2, 0.25) is 6.41 Å². The first-order valence-corrected chi connectivity index (χ1v) is 3.85. The molecule has 0 radical (unpaired) electrons. The smallest absolute Gasteiger partial charge is 0.207 e. The van der Waals surface area contributed by atoms with E-state index >= 15 is 0 Å². The summed E-state index contributed by atoms with van der Waals surface area (Å²) >= 11 is 0. The molecule has 0 fully saturated rings. The van der Waals surface area contributed by atoms with Crippen molar-refractivity contribution in [1.29, 1.82) is 0 Å². The number of benzene rings is 1. The predicted octanol–water partition coefficient (Wildman–Crippen LogP) is 1.06. The quantitative estimate of drug-likeness (QED) is 0.705. The van der Waals surface area contributed by atoms with E-state index in [4.69, 9.17) is 4.79 Å². The molecule has 0 spiro atoms. The number of rotatable bonds is 3. The number of carbonyl (C=O) groups excluding carboxylic acids is 2. The van der Waals surface area contributed by atoms with Crippen molar-refractivity contribution in [2.75, 3.05) is 0 Å². The van der Waals surface area contributed by atoms with Crippen LogP contribution in [-0.4, -0.2) is 13.2 Å². The highest BCUT2D eigenvalue weighted by atomic mass is 16.1. The lowest BCUT2D eigenvalue weighted by molar-refractivity contribution is -0.109. The van der Waals surface area contributed by atoms with Gasteiger partial charge in [-0.2, -0.15) is 0 Å². The fourth-order valence-corrected chi connectivity index (χ4v) is 0.960. The Morgan fingerprint density at radius 1 is 1.38 bits per heavy atom. The van der Waals surface area contributed by atoms with Crippen molar-refractivity contribution in [2.45, 2.75) is 13.5 Å². The van der Waals surface area contributed by atoms with Crippen LogP contribution in [0, 0.1) is 6.92 Å². The lowest BCUT2D eigenvalue weighted by Gasteiger charge is -2.02. The van der Waals surface area contributed by atoms with Crippen LogP contribution in [-0.2, 0) is 16.1 Å². The third kappa shape index (κ3) is 4.06. The minimum atomic E-state index is 0.621. The van der Waals surface area contributed by atoms with Crippen molar-refractivity contribution in [2.24, 2.45) is 0 Å². The summed E-state index contributed by atoms with van der Waals surface area (Å²) in [5.74, 6) is 0. The van der Waals surface area contributed by atoms with Crippen LogP contribution in [0.2, 0.25) is 0 Å². The van der Waals surface area contributed by atoms with Gasteiger partial charge in [-0.05, 0) is 18.1 Å². The Balaban J connectivity index is 0.000000671. The van der Waals surface area contributed by atoms with Crippen LogP contribution >= 0.6 is 0 Å². The molecule has 1 aromatic rings. The standard InChI is InChI=1S/C9H11NO.CH2O/c1-8-4-2-3-5-9(8)6-10-7-11;1-2/h2-5,7H,6H2,1H3,(H,10,11);1H2. The van der Waals surface area contributed by atoms with E-state index in [-0.39, 0.29) is 0 Å². The summed E-state index contributed by atoms with van der Waals surface area (Å²) in [4.78, 5) is 18.0. The fourth-order valence-electron chi connectivity index (χ4n) is 0.960. The molecule has 0 saturated carbocycles. The van der Waals surface area contributed by atoms with Crippen molar-refractivity contribution in [3.63, 3.8) is 0 Å². The minimum Gasteiger partial charge on any atom is -0.355 e.